The van der Waals surface area contributed by atoms with Crippen LogP contribution in [0.2, 0.25) is 0 Å². The first-order valence-corrected chi connectivity index (χ1v) is 20.3. The molecule has 0 bridgehead atoms. The molecule has 5 N–H and O–H groups in total. The second-order valence-electron chi connectivity index (χ2n) is 12.3. The van der Waals surface area contributed by atoms with Gasteiger partial charge in [-0.15, -0.1) is 0 Å². The van der Waals surface area contributed by atoms with Crippen LogP contribution in [0.25, 0.3) is 0 Å². The standard InChI is InChI=1S/C36H52IN5O10S/c37-22-27(35(47)26-8-2-1-3-9-26)29(43)10-6-7-13-38-32(45)23-51-20-19-50-17-15-40-33(46)24-52-21-18-49-16-14-39-31(44)12-5-4-11-30-34-28(25-53-30)41-36(48)42-34/h1-3,8-9,22,28,30,34H,4-7,10-21,23-25H2,(H,38,45)(H,39,44)(H,40,46)(H2,41,42,48)/b27-22-/t28-,30-,34-/m0/s1. The Morgan fingerprint density at radius 3 is 2.00 bits per heavy atom. The van der Waals surface area contributed by atoms with Crippen molar-refractivity contribution in [1.29, 1.82) is 0 Å². The number of fused-ring (bicyclic) bond motifs is 1. The van der Waals surface area contributed by atoms with Crippen LogP contribution in [0.15, 0.2) is 40.0 Å². The number of amides is 5. The number of Topliss-reactive ketones (excluding diaryl/α,β-unsaturated/α-hetero) is 2. The lowest BCUT2D eigenvalue weighted by molar-refractivity contribution is -0.127. The summed E-state index contributed by atoms with van der Waals surface area (Å²) in [6.07, 6.45) is 4.52. The lowest BCUT2D eigenvalue weighted by Gasteiger charge is -2.16. The van der Waals surface area contributed by atoms with Crippen molar-refractivity contribution < 1.29 is 47.7 Å². The molecule has 0 spiro atoms. The highest BCUT2D eigenvalue weighted by Crippen LogP contribution is 2.33. The zero-order valence-electron chi connectivity index (χ0n) is 30.0. The molecule has 15 nitrogen and oxygen atoms in total. The highest BCUT2D eigenvalue weighted by atomic mass is 127. The number of unbranched alkanes of at least 4 members (excludes halogenated alkanes) is 2. The normalized spacial score (nSPS) is 17.8. The van der Waals surface area contributed by atoms with Crippen LogP contribution in [-0.2, 0) is 38.1 Å². The van der Waals surface area contributed by atoms with E-state index in [1.54, 1.807) is 24.3 Å². The molecule has 1 aromatic rings. The number of ether oxygens (including phenoxy) is 4. The minimum Gasteiger partial charge on any atom is -0.377 e. The van der Waals surface area contributed by atoms with Crippen molar-refractivity contribution in [2.45, 2.75) is 62.3 Å². The predicted molar refractivity (Wildman–Crippen MR) is 208 cm³/mol. The smallest absolute Gasteiger partial charge is 0.315 e. The van der Waals surface area contributed by atoms with Gasteiger partial charge in [0.2, 0.25) is 17.7 Å². The number of halogens is 1. The zero-order valence-corrected chi connectivity index (χ0v) is 33.0. The van der Waals surface area contributed by atoms with Crippen LogP contribution in [0, 0.1) is 0 Å². The molecule has 2 aliphatic rings. The molecule has 2 saturated heterocycles. The van der Waals surface area contributed by atoms with E-state index in [0.717, 1.165) is 25.0 Å². The van der Waals surface area contributed by atoms with E-state index in [4.69, 9.17) is 18.9 Å². The van der Waals surface area contributed by atoms with Crippen LogP contribution in [0.3, 0.4) is 0 Å². The molecule has 2 aliphatic heterocycles. The molecule has 3 atom stereocenters. The van der Waals surface area contributed by atoms with Crippen molar-refractivity contribution in [3.05, 3.63) is 45.6 Å². The first-order chi connectivity index (χ1) is 25.8. The molecule has 17 heteroatoms. The maximum Gasteiger partial charge on any atom is 0.315 e. The molecule has 5 amide bonds. The number of thioether (sulfide) groups is 1. The number of hydrogen-bond acceptors (Lipinski definition) is 11. The van der Waals surface area contributed by atoms with Gasteiger partial charge in [-0.1, -0.05) is 59.3 Å². The number of ketones is 2. The third kappa shape index (κ3) is 18.2. The van der Waals surface area contributed by atoms with Crippen LogP contribution in [-0.4, -0.2) is 131 Å². The Morgan fingerprint density at radius 1 is 0.736 bits per heavy atom. The summed E-state index contributed by atoms with van der Waals surface area (Å²) >= 11 is 3.78. The van der Waals surface area contributed by atoms with Gasteiger partial charge in [-0.3, -0.25) is 24.0 Å². The quantitative estimate of drug-likeness (QED) is 0.0150. The first kappa shape index (κ1) is 44.3. The van der Waals surface area contributed by atoms with Gasteiger partial charge in [0.05, 0.1) is 57.3 Å². The molecule has 2 heterocycles. The van der Waals surface area contributed by atoms with Gasteiger partial charge in [-0.25, -0.2) is 4.79 Å². The highest BCUT2D eigenvalue weighted by molar-refractivity contribution is 14.1. The zero-order chi connectivity index (χ0) is 38.1. The van der Waals surface area contributed by atoms with Gasteiger partial charge < -0.3 is 45.5 Å². The molecular weight excluding hydrogens is 821 g/mol. The number of benzene rings is 1. The van der Waals surface area contributed by atoms with Crippen molar-refractivity contribution in [2.75, 3.05) is 78.2 Å². The fourth-order valence-electron chi connectivity index (χ4n) is 5.51. The molecule has 0 aliphatic carbocycles. The minimum atomic E-state index is -0.291. The van der Waals surface area contributed by atoms with Crippen LogP contribution >= 0.6 is 34.4 Å². The third-order valence-corrected chi connectivity index (χ3v) is 10.4. The molecule has 0 radical (unpaired) electrons. The second-order valence-corrected chi connectivity index (χ2v) is 14.2. The molecule has 0 saturated carbocycles. The Hall–Kier alpha value is -3.10. The molecule has 0 unspecified atom stereocenters. The average molecular weight is 874 g/mol. The van der Waals surface area contributed by atoms with Gasteiger partial charge in [0.25, 0.3) is 0 Å². The summed E-state index contributed by atoms with van der Waals surface area (Å²) < 4.78 is 23.0. The summed E-state index contributed by atoms with van der Waals surface area (Å²) in [5, 5.41) is 14.6. The average Bonchev–Trinajstić information content (AvgIpc) is 3.71. The topological polar surface area (TPSA) is 199 Å². The van der Waals surface area contributed by atoms with Crippen molar-refractivity contribution in [3.8, 4) is 0 Å². The van der Waals surface area contributed by atoms with Gasteiger partial charge in [-0.2, -0.15) is 11.8 Å². The molecule has 294 valence electrons. The van der Waals surface area contributed by atoms with Crippen molar-refractivity contribution in [2.24, 2.45) is 0 Å². The van der Waals surface area contributed by atoms with Gasteiger partial charge in [0, 0.05) is 49.0 Å². The third-order valence-electron chi connectivity index (χ3n) is 8.27. The fraction of sp³-hybridized carbons (Fsp3) is 0.611. The number of rotatable bonds is 29. The van der Waals surface area contributed by atoms with E-state index in [0.29, 0.717) is 62.9 Å². The van der Waals surface area contributed by atoms with Gasteiger partial charge in [-0.05, 0) is 29.8 Å². The fourth-order valence-corrected chi connectivity index (χ4v) is 7.69. The summed E-state index contributed by atoms with van der Waals surface area (Å²) in [5.41, 5.74) is 0.639. The molecule has 0 aromatic heterocycles. The lowest BCUT2D eigenvalue weighted by Crippen LogP contribution is -2.36. The number of nitrogens with one attached hydrogen (secondary N) is 5. The Bertz CT molecular complexity index is 1350. The van der Waals surface area contributed by atoms with Crippen molar-refractivity contribution >= 4 is 69.7 Å². The summed E-state index contributed by atoms with van der Waals surface area (Å²) in [5.74, 6) is -0.141. The van der Waals surface area contributed by atoms with Crippen LogP contribution < -0.4 is 26.6 Å². The Labute approximate surface area is 328 Å². The molecule has 2 fully saturated rings. The van der Waals surface area contributed by atoms with Gasteiger partial charge in [0.15, 0.2) is 11.6 Å². The van der Waals surface area contributed by atoms with E-state index >= 15 is 0 Å². The number of carbonyl (C=O) groups is 6. The predicted octanol–water partition coefficient (Wildman–Crippen LogP) is 2.07. The van der Waals surface area contributed by atoms with Crippen LogP contribution in [0.4, 0.5) is 4.79 Å². The van der Waals surface area contributed by atoms with E-state index < -0.39 is 0 Å². The summed E-state index contributed by atoms with van der Waals surface area (Å²) in [6, 6.07) is 9.01. The van der Waals surface area contributed by atoms with E-state index in [1.807, 2.05) is 40.4 Å². The van der Waals surface area contributed by atoms with Gasteiger partial charge >= 0.3 is 6.03 Å². The molecule has 53 heavy (non-hydrogen) atoms. The number of allylic oxidation sites excluding steroid dienone is 1. The van der Waals surface area contributed by atoms with Crippen molar-refractivity contribution in [3.63, 3.8) is 0 Å². The molecule has 1 aromatic carbocycles. The Kier molecular flexibility index (Phi) is 22.3. The minimum absolute atomic E-state index is 0.0112. The SMILES string of the molecule is O=C(CCCC[C@@H]1SC[C@@H]2NC(=O)N[C@@H]21)NCCOCCOCC(=O)NCCOCCOCC(=O)NCCCCC(=O)/C(=C/I)C(=O)c1ccccc1. The summed E-state index contributed by atoms with van der Waals surface area (Å²) in [4.78, 5) is 72.4. The maximum absolute atomic E-state index is 12.6. The number of urea groups is 1. The summed E-state index contributed by atoms with van der Waals surface area (Å²) in [7, 11) is 0. The van der Waals surface area contributed by atoms with E-state index in [1.165, 1.54) is 4.08 Å². The number of carbonyl (C=O) groups excluding carboxylic acids is 6. The monoisotopic (exact) mass is 873 g/mol. The van der Waals surface area contributed by atoms with E-state index in [2.05, 4.69) is 26.6 Å². The second kappa shape index (κ2) is 26.6. The van der Waals surface area contributed by atoms with Crippen molar-refractivity contribution in [1.82, 2.24) is 26.6 Å². The lowest BCUT2D eigenvalue weighted by atomic mass is 9.98. The molecular formula is C36H52IN5O10S. The highest BCUT2D eigenvalue weighted by Gasteiger charge is 2.42. The number of hydrogen-bond donors (Lipinski definition) is 5. The van der Waals surface area contributed by atoms with E-state index in [9.17, 15) is 28.8 Å². The first-order valence-electron chi connectivity index (χ1n) is 18.0. The largest absolute Gasteiger partial charge is 0.377 e. The van der Waals surface area contributed by atoms with Crippen LogP contribution in [0.5, 0.6) is 0 Å². The van der Waals surface area contributed by atoms with E-state index in [-0.39, 0.29) is 99.0 Å². The van der Waals surface area contributed by atoms with Crippen LogP contribution in [0.1, 0.15) is 55.3 Å². The molecule has 3 rings (SSSR count). The Morgan fingerprint density at radius 2 is 1.34 bits per heavy atom. The maximum atomic E-state index is 12.6. The Balaban J connectivity index is 1.02. The summed E-state index contributed by atoms with van der Waals surface area (Å²) in [6.45, 7) is 2.51. The van der Waals surface area contributed by atoms with Gasteiger partial charge in [0.1, 0.15) is 13.2 Å².